The number of rotatable bonds is 5. The molecule has 1 saturated heterocycles. The molecule has 0 saturated carbocycles. The van der Waals surface area contributed by atoms with Crippen molar-refractivity contribution in [2.75, 3.05) is 25.1 Å². The number of nitrogens with one attached hydrogen (secondary N) is 2. The molecule has 3 N–H and O–H groups in total. The van der Waals surface area contributed by atoms with Crippen molar-refractivity contribution in [2.24, 2.45) is 5.92 Å². The molecule has 1 aliphatic heterocycles. The monoisotopic (exact) mass is 312 g/mol. The summed E-state index contributed by atoms with van der Waals surface area (Å²) in [5.74, 6) is -1.75. The van der Waals surface area contributed by atoms with Crippen molar-refractivity contribution in [3.8, 4) is 0 Å². The zero-order valence-electron chi connectivity index (χ0n) is 11.6. The standard InChI is InChI=1S/C14H17ClN2O4/c1-2-16-12-7-21-6-10(12)13(18)17-11-4-3-8(15)5-9(11)14(19)20/h3-5,10,12,16H,2,6-7H2,1H3,(H,17,18)(H,19,20). The highest BCUT2D eigenvalue weighted by molar-refractivity contribution is 6.31. The molecule has 6 nitrogen and oxygen atoms in total. The fourth-order valence-electron chi connectivity index (χ4n) is 2.30. The minimum Gasteiger partial charge on any atom is -0.478 e. The van der Waals surface area contributed by atoms with E-state index in [0.29, 0.717) is 18.2 Å². The molecule has 1 fully saturated rings. The predicted molar refractivity (Wildman–Crippen MR) is 78.8 cm³/mol. The predicted octanol–water partition coefficient (Wildman–Crippen LogP) is 1.60. The number of carbonyl (C=O) groups is 2. The van der Waals surface area contributed by atoms with Gasteiger partial charge in [-0.05, 0) is 24.7 Å². The number of carbonyl (C=O) groups excluding carboxylic acids is 1. The first-order chi connectivity index (χ1) is 10.0. The van der Waals surface area contributed by atoms with Gasteiger partial charge in [-0.3, -0.25) is 4.79 Å². The summed E-state index contributed by atoms with van der Waals surface area (Å²) in [6.45, 7) is 3.48. The third kappa shape index (κ3) is 3.72. The lowest BCUT2D eigenvalue weighted by Gasteiger charge is -2.18. The van der Waals surface area contributed by atoms with E-state index in [1.807, 2.05) is 6.92 Å². The minimum absolute atomic E-state index is 0.0326. The smallest absolute Gasteiger partial charge is 0.337 e. The van der Waals surface area contributed by atoms with Crippen molar-refractivity contribution >= 4 is 29.2 Å². The van der Waals surface area contributed by atoms with E-state index in [0.717, 1.165) is 6.54 Å². The van der Waals surface area contributed by atoms with E-state index in [4.69, 9.17) is 21.4 Å². The van der Waals surface area contributed by atoms with E-state index >= 15 is 0 Å². The van der Waals surface area contributed by atoms with Crippen LogP contribution in [0.5, 0.6) is 0 Å². The third-order valence-corrected chi connectivity index (χ3v) is 3.59. The lowest BCUT2D eigenvalue weighted by atomic mass is 10.0. The fraction of sp³-hybridized carbons (Fsp3) is 0.429. The molecule has 2 unspecified atom stereocenters. The Bertz CT molecular complexity index is 550. The number of ether oxygens (including phenoxy) is 1. The van der Waals surface area contributed by atoms with Crippen LogP contribution in [0, 0.1) is 5.92 Å². The first-order valence-electron chi connectivity index (χ1n) is 6.67. The highest BCUT2D eigenvalue weighted by atomic mass is 35.5. The Kier molecular flexibility index (Phi) is 5.17. The van der Waals surface area contributed by atoms with Crippen molar-refractivity contribution in [1.29, 1.82) is 0 Å². The lowest BCUT2D eigenvalue weighted by Crippen LogP contribution is -2.41. The zero-order chi connectivity index (χ0) is 15.4. The average Bonchev–Trinajstić information content (AvgIpc) is 2.89. The molecule has 7 heteroatoms. The first-order valence-corrected chi connectivity index (χ1v) is 7.05. The number of benzene rings is 1. The number of carboxylic acids is 1. The maximum atomic E-state index is 12.3. The highest BCUT2D eigenvalue weighted by Gasteiger charge is 2.33. The minimum atomic E-state index is -1.14. The van der Waals surface area contributed by atoms with Gasteiger partial charge in [0, 0.05) is 11.1 Å². The van der Waals surface area contributed by atoms with E-state index in [2.05, 4.69) is 10.6 Å². The van der Waals surface area contributed by atoms with Gasteiger partial charge >= 0.3 is 5.97 Å². The Morgan fingerprint density at radius 3 is 2.86 bits per heavy atom. The van der Waals surface area contributed by atoms with Crippen molar-refractivity contribution in [2.45, 2.75) is 13.0 Å². The molecule has 0 spiro atoms. The van der Waals surface area contributed by atoms with Gasteiger partial charge in [-0.15, -0.1) is 0 Å². The summed E-state index contributed by atoms with van der Waals surface area (Å²) < 4.78 is 5.32. The summed E-state index contributed by atoms with van der Waals surface area (Å²) in [7, 11) is 0. The topological polar surface area (TPSA) is 87.7 Å². The van der Waals surface area contributed by atoms with Crippen LogP contribution in [0.2, 0.25) is 5.02 Å². The van der Waals surface area contributed by atoms with Crippen LogP contribution in [0.25, 0.3) is 0 Å². The van der Waals surface area contributed by atoms with Gasteiger partial charge < -0.3 is 20.5 Å². The van der Waals surface area contributed by atoms with Crippen LogP contribution in [0.15, 0.2) is 18.2 Å². The number of amides is 1. The second-order valence-corrected chi connectivity index (χ2v) is 5.23. The molecule has 114 valence electrons. The van der Waals surface area contributed by atoms with Gasteiger partial charge in [-0.1, -0.05) is 18.5 Å². The van der Waals surface area contributed by atoms with Crippen LogP contribution in [0.1, 0.15) is 17.3 Å². The van der Waals surface area contributed by atoms with Gasteiger partial charge in [0.1, 0.15) is 0 Å². The average molecular weight is 313 g/mol. The molecule has 1 heterocycles. The second kappa shape index (κ2) is 6.89. The molecule has 0 aliphatic carbocycles. The van der Waals surface area contributed by atoms with Gasteiger partial charge in [0.2, 0.25) is 5.91 Å². The van der Waals surface area contributed by atoms with Gasteiger partial charge in [0.05, 0.1) is 30.4 Å². The van der Waals surface area contributed by atoms with Crippen LogP contribution in [0.4, 0.5) is 5.69 Å². The maximum absolute atomic E-state index is 12.3. The largest absolute Gasteiger partial charge is 0.478 e. The zero-order valence-corrected chi connectivity index (χ0v) is 12.3. The normalized spacial score (nSPS) is 21.2. The number of hydrogen-bond acceptors (Lipinski definition) is 4. The molecule has 21 heavy (non-hydrogen) atoms. The second-order valence-electron chi connectivity index (χ2n) is 4.79. The summed E-state index contributed by atoms with van der Waals surface area (Å²) >= 11 is 5.78. The van der Waals surface area contributed by atoms with Gasteiger partial charge in [0.25, 0.3) is 0 Å². The molecule has 1 aliphatic rings. The number of aromatic carboxylic acids is 1. The van der Waals surface area contributed by atoms with Gasteiger partial charge in [0.15, 0.2) is 0 Å². The van der Waals surface area contributed by atoms with Crippen LogP contribution < -0.4 is 10.6 Å². The van der Waals surface area contributed by atoms with Gasteiger partial charge in [-0.25, -0.2) is 4.79 Å². The van der Waals surface area contributed by atoms with E-state index in [-0.39, 0.29) is 29.1 Å². The lowest BCUT2D eigenvalue weighted by molar-refractivity contribution is -0.120. The van der Waals surface area contributed by atoms with E-state index in [9.17, 15) is 9.59 Å². The fourth-order valence-corrected chi connectivity index (χ4v) is 2.48. The molecule has 2 rings (SSSR count). The number of likely N-dealkylation sites (N-methyl/N-ethyl adjacent to an activating group) is 1. The SMILES string of the molecule is CCNC1COCC1C(=O)Nc1ccc(Cl)cc1C(=O)O. The maximum Gasteiger partial charge on any atom is 0.337 e. The molecule has 2 atom stereocenters. The Balaban J connectivity index is 2.14. The molecular formula is C14H17ClN2O4. The van der Waals surface area contributed by atoms with E-state index < -0.39 is 5.97 Å². The van der Waals surface area contributed by atoms with Gasteiger partial charge in [-0.2, -0.15) is 0 Å². The number of halogens is 1. The Morgan fingerprint density at radius 1 is 1.43 bits per heavy atom. The Hall–Kier alpha value is -1.63. The van der Waals surface area contributed by atoms with E-state index in [1.54, 1.807) is 0 Å². The van der Waals surface area contributed by atoms with Crippen molar-refractivity contribution in [1.82, 2.24) is 5.32 Å². The third-order valence-electron chi connectivity index (χ3n) is 3.35. The van der Waals surface area contributed by atoms with Crippen molar-refractivity contribution in [3.63, 3.8) is 0 Å². The first kappa shape index (κ1) is 15.8. The van der Waals surface area contributed by atoms with Crippen LogP contribution in [-0.4, -0.2) is 42.8 Å². The molecule has 1 amide bonds. The highest BCUT2D eigenvalue weighted by Crippen LogP contribution is 2.23. The van der Waals surface area contributed by atoms with E-state index in [1.165, 1.54) is 18.2 Å². The van der Waals surface area contributed by atoms with Crippen LogP contribution in [0.3, 0.4) is 0 Å². The molecule has 0 bridgehead atoms. The molecule has 0 radical (unpaired) electrons. The molecule has 0 aromatic heterocycles. The summed E-state index contributed by atoms with van der Waals surface area (Å²) in [6.07, 6.45) is 0. The summed E-state index contributed by atoms with van der Waals surface area (Å²) in [5.41, 5.74) is 0.203. The molecular weight excluding hydrogens is 296 g/mol. The number of hydrogen-bond donors (Lipinski definition) is 3. The Labute approximate surface area is 127 Å². The quantitative estimate of drug-likeness (QED) is 0.768. The summed E-state index contributed by atoms with van der Waals surface area (Å²) in [5, 5.41) is 15.3. The Morgan fingerprint density at radius 2 is 2.19 bits per heavy atom. The van der Waals surface area contributed by atoms with Crippen LogP contribution in [-0.2, 0) is 9.53 Å². The number of carboxylic acid groups (broad SMARTS) is 1. The van der Waals surface area contributed by atoms with Crippen LogP contribution >= 0.6 is 11.6 Å². The summed E-state index contributed by atoms with van der Waals surface area (Å²) in [4.78, 5) is 23.5. The number of anilines is 1. The molecule has 1 aromatic carbocycles. The van der Waals surface area contributed by atoms with Crippen molar-refractivity contribution in [3.05, 3.63) is 28.8 Å². The molecule has 1 aromatic rings. The van der Waals surface area contributed by atoms with Crippen molar-refractivity contribution < 1.29 is 19.4 Å². The summed E-state index contributed by atoms with van der Waals surface area (Å²) in [6, 6.07) is 4.28.